The molecule has 0 aliphatic heterocycles. The molecular weight excluding hydrogens is 308 g/mol. The number of nitrogens with zero attached hydrogens (tertiary/aromatic N) is 2. The van der Waals surface area contributed by atoms with Crippen LogP contribution in [0.4, 0.5) is 0 Å². The van der Waals surface area contributed by atoms with Gasteiger partial charge in [0.15, 0.2) is 5.65 Å². The van der Waals surface area contributed by atoms with Gasteiger partial charge >= 0.3 is 11.6 Å². The number of hydrogen-bond donors (Lipinski definition) is 0. The molecule has 0 aliphatic rings. The highest BCUT2D eigenvalue weighted by Crippen LogP contribution is 2.22. The highest BCUT2D eigenvalue weighted by Gasteiger charge is 2.16. The van der Waals surface area contributed by atoms with E-state index in [-0.39, 0.29) is 0 Å². The molecule has 0 saturated heterocycles. The van der Waals surface area contributed by atoms with Crippen molar-refractivity contribution < 1.29 is 13.9 Å². The Morgan fingerprint density at radius 1 is 1.21 bits per heavy atom. The van der Waals surface area contributed by atoms with Crippen molar-refractivity contribution in [1.29, 1.82) is 0 Å². The number of aromatic nitrogens is 2. The summed E-state index contributed by atoms with van der Waals surface area (Å²) in [6.07, 6.45) is 3.43. The number of ether oxygens (including phenoxy) is 1. The normalized spacial score (nSPS) is 11.0. The van der Waals surface area contributed by atoms with Crippen LogP contribution >= 0.6 is 0 Å². The van der Waals surface area contributed by atoms with Gasteiger partial charge in [0.25, 0.3) is 0 Å². The van der Waals surface area contributed by atoms with Gasteiger partial charge in [0.2, 0.25) is 0 Å². The first kappa shape index (κ1) is 14.2. The molecule has 0 aliphatic carbocycles. The molecule has 1 aromatic carbocycles. The lowest BCUT2D eigenvalue weighted by atomic mass is 10.1. The van der Waals surface area contributed by atoms with Crippen molar-refractivity contribution in [2.45, 2.75) is 0 Å². The van der Waals surface area contributed by atoms with Gasteiger partial charge in [-0.2, -0.15) is 0 Å². The molecule has 0 atom stereocenters. The van der Waals surface area contributed by atoms with Crippen molar-refractivity contribution in [3.05, 3.63) is 70.8 Å². The lowest BCUT2D eigenvalue weighted by Gasteiger charge is -2.00. The summed E-state index contributed by atoms with van der Waals surface area (Å²) in [6.45, 7) is 0. The van der Waals surface area contributed by atoms with E-state index in [0.717, 1.165) is 5.39 Å². The third-order valence-electron chi connectivity index (χ3n) is 3.81. The van der Waals surface area contributed by atoms with Crippen LogP contribution in [0.5, 0.6) is 0 Å². The Morgan fingerprint density at radius 3 is 2.88 bits per heavy atom. The average molecular weight is 320 g/mol. The number of fused-ring (bicyclic) bond motifs is 2. The summed E-state index contributed by atoms with van der Waals surface area (Å²) in [5, 5.41) is 0.803. The highest BCUT2D eigenvalue weighted by molar-refractivity contribution is 5.96. The molecule has 3 aromatic heterocycles. The first-order chi connectivity index (χ1) is 11.7. The average Bonchev–Trinajstić information content (AvgIpc) is 3.04. The minimum atomic E-state index is -0.483. The summed E-state index contributed by atoms with van der Waals surface area (Å²) in [5.41, 5.74) is 1.57. The smallest absolute Gasteiger partial charge is 0.345 e. The Labute approximate surface area is 135 Å². The van der Waals surface area contributed by atoms with Gasteiger partial charge in [-0.3, -0.25) is 0 Å². The summed E-state index contributed by atoms with van der Waals surface area (Å²) < 4.78 is 11.8. The Balaban J connectivity index is 1.96. The Bertz CT molecular complexity index is 1140. The molecule has 0 N–H and O–H groups in total. The molecule has 3 heterocycles. The first-order valence-corrected chi connectivity index (χ1v) is 7.26. The van der Waals surface area contributed by atoms with Crippen LogP contribution in [0.1, 0.15) is 10.4 Å². The van der Waals surface area contributed by atoms with Crippen LogP contribution in [0.15, 0.2) is 64.1 Å². The molecular formula is C18H12N2O4. The summed E-state index contributed by atoms with van der Waals surface area (Å²) in [5.74, 6) is -0.483. The van der Waals surface area contributed by atoms with Crippen LogP contribution in [-0.4, -0.2) is 22.5 Å². The van der Waals surface area contributed by atoms with Gasteiger partial charge in [-0.25, -0.2) is 14.6 Å². The molecule has 0 unspecified atom stereocenters. The number of para-hydroxylation sites is 1. The third kappa shape index (κ3) is 2.16. The first-order valence-electron chi connectivity index (χ1n) is 7.26. The minimum absolute atomic E-state index is 0.330. The number of rotatable bonds is 2. The van der Waals surface area contributed by atoms with Crippen molar-refractivity contribution in [2.24, 2.45) is 0 Å². The number of benzene rings is 1. The number of esters is 1. The van der Waals surface area contributed by atoms with Crippen LogP contribution in [0.3, 0.4) is 0 Å². The second-order valence-corrected chi connectivity index (χ2v) is 5.26. The molecule has 4 aromatic rings. The lowest BCUT2D eigenvalue weighted by molar-refractivity contribution is 0.0602. The highest BCUT2D eigenvalue weighted by atomic mass is 16.5. The maximum Gasteiger partial charge on any atom is 0.345 e. The number of pyridine rings is 1. The Hall–Kier alpha value is -3.41. The lowest BCUT2D eigenvalue weighted by Crippen LogP contribution is -2.04. The maximum atomic E-state index is 12.3. The Morgan fingerprint density at radius 2 is 2.04 bits per heavy atom. The van der Waals surface area contributed by atoms with Gasteiger partial charge in [0.1, 0.15) is 11.1 Å². The molecule has 0 fully saturated rings. The number of methoxy groups -OCH3 is 1. The molecule has 118 valence electrons. The maximum absolute atomic E-state index is 12.3. The fourth-order valence-electron chi connectivity index (χ4n) is 2.65. The SMILES string of the molecule is COC(=O)c1cccn2cc(-c3cc4ccccc4oc3=O)nc12. The topological polar surface area (TPSA) is 73.8 Å². The third-order valence-corrected chi connectivity index (χ3v) is 3.81. The number of carbonyl (C=O) groups excluding carboxylic acids is 1. The molecule has 0 amide bonds. The zero-order valence-electron chi connectivity index (χ0n) is 12.7. The Kier molecular flexibility index (Phi) is 3.16. The molecule has 24 heavy (non-hydrogen) atoms. The van der Waals surface area contributed by atoms with Crippen LogP contribution in [0.2, 0.25) is 0 Å². The van der Waals surface area contributed by atoms with Gasteiger partial charge in [0.05, 0.1) is 18.4 Å². The molecule has 0 radical (unpaired) electrons. The molecule has 6 nitrogen and oxygen atoms in total. The van der Waals surface area contributed by atoms with Gasteiger partial charge in [-0.15, -0.1) is 0 Å². The summed E-state index contributed by atoms with van der Waals surface area (Å²) in [6, 6.07) is 12.3. The molecule has 0 spiro atoms. The van der Waals surface area contributed by atoms with Gasteiger partial charge in [-0.1, -0.05) is 18.2 Å². The standard InChI is InChI=1S/C18H12N2O4/c1-23-17(21)12-6-4-8-20-10-14(19-16(12)20)13-9-11-5-2-3-7-15(11)24-18(13)22/h2-10H,1H3. The van der Waals surface area contributed by atoms with E-state index in [0.29, 0.717) is 28.1 Å². The second kappa shape index (κ2) is 5.34. The van der Waals surface area contributed by atoms with E-state index >= 15 is 0 Å². The fourth-order valence-corrected chi connectivity index (χ4v) is 2.65. The van der Waals surface area contributed by atoms with Crippen molar-refractivity contribution >= 4 is 22.6 Å². The predicted molar refractivity (Wildman–Crippen MR) is 88.0 cm³/mol. The molecule has 0 bridgehead atoms. The fraction of sp³-hybridized carbons (Fsp3) is 0.0556. The number of hydrogen-bond acceptors (Lipinski definition) is 5. The van der Waals surface area contributed by atoms with Crippen molar-refractivity contribution in [3.8, 4) is 11.3 Å². The second-order valence-electron chi connectivity index (χ2n) is 5.26. The van der Waals surface area contributed by atoms with Crippen LogP contribution in [-0.2, 0) is 4.74 Å². The van der Waals surface area contributed by atoms with E-state index in [9.17, 15) is 9.59 Å². The zero-order valence-corrected chi connectivity index (χ0v) is 12.7. The monoisotopic (exact) mass is 320 g/mol. The zero-order chi connectivity index (χ0) is 16.7. The van der Waals surface area contributed by atoms with E-state index in [1.807, 2.05) is 12.1 Å². The van der Waals surface area contributed by atoms with E-state index in [1.165, 1.54) is 7.11 Å². The predicted octanol–water partition coefficient (Wildman–Crippen LogP) is 2.89. The largest absolute Gasteiger partial charge is 0.465 e. The van der Waals surface area contributed by atoms with Crippen molar-refractivity contribution in [3.63, 3.8) is 0 Å². The molecule has 6 heteroatoms. The summed E-state index contributed by atoms with van der Waals surface area (Å²) >= 11 is 0. The van der Waals surface area contributed by atoms with Crippen LogP contribution in [0.25, 0.3) is 27.9 Å². The van der Waals surface area contributed by atoms with E-state index < -0.39 is 11.6 Å². The minimum Gasteiger partial charge on any atom is -0.465 e. The van der Waals surface area contributed by atoms with Crippen molar-refractivity contribution in [1.82, 2.24) is 9.38 Å². The van der Waals surface area contributed by atoms with Crippen molar-refractivity contribution in [2.75, 3.05) is 7.11 Å². The van der Waals surface area contributed by atoms with E-state index in [4.69, 9.17) is 9.15 Å². The van der Waals surface area contributed by atoms with Gasteiger partial charge in [0, 0.05) is 17.8 Å². The van der Waals surface area contributed by atoms with E-state index in [2.05, 4.69) is 4.98 Å². The summed E-state index contributed by atoms with van der Waals surface area (Å²) in [7, 11) is 1.31. The van der Waals surface area contributed by atoms with Crippen LogP contribution < -0.4 is 5.63 Å². The van der Waals surface area contributed by atoms with E-state index in [1.54, 1.807) is 47.1 Å². The molecule has 0 saturated carbocycles. The summed E-state index contributed by atoms with van der Waals surface area (Å²) in [4.78, 5) is 28.6. The van der Waals surface area contributed by atoms with Gasteiger partial charge < -0.3 is 13.6 Å². The van der Waals surface area contributed by atoms with Crippen LogP contribution in [0, 0.1) is 0 Å². The number of carbonyl (C=O) groups is 1. The quantitative estimate of drug-likeness (QED) is 0.419. The number of imidazole rings is 1. The molecule has 4 rings (SSSR count). The van der Waals surface area contributed by atoms with Gasteiger partial charge in [-0.05, 0) is 24.3 Å².